The minimum absolute atomic E-state index is 0.263. The van der Waals surface area contributed by atoms with Gasteiger partial charge in [0.25, 0.3) is 5.89 Å². The van der Waals surface area contributed by atoms with Crippen LogP contribution in [0.2, 0.25) is 0 Å². The molecule has 0 unspecified atom stereocenters. The summed E-state index contributed by atoms with van der Waals surface area (Å²) in [5, 5.41) is 15.5. The van der Waals surface area contributed by atoms with Crippen LogP contribution in [0.25, 0.3) is 33.6 Å². The van der Waals surface area contributed by atoms with Gasteiger partial charge in [-0.05, 0) is 40.6 Å². The second kappa shape index (κ2) is 7.85. The van der Waals surface area contributed by atoms with E-state index in [0.717, 1.165) is 33.2 Å². The molecule has 0 saturated carbocycles. The van der Waals surface area contributed by atoms with Gasteiger partial charge in [0.05, 0.1) is 13.0 Å². The van der Waals surface area contributed by atoms with Crippen molar-refractivity contribution in [2.75, 3.05) is 20.2 Å². The number of carboxylic acid groups (broad SMARTS) is 1. The van der Waals surface area contributed by atoms with Gasteiger partial charge in [-0.3, -0.25) is 9.69 Å². The smallest absolute Gasteiger partial charge is 0.309 e. The molecule has 1 aliphatic rings. The number of hydrogen-bond acceptors (Lipinski definition) is 6. The van der Waals surface area contributed by atoms with Crippen LogP contribution in [0.3, 0.4) is 0 Å². The number of likely N-dealkylation sites (tertiary alicyclic amines) is 1. The average Bonchev–Trinajstić information content (AvgIpc) is 3.25. The summed E-state index contributed by atoms with van der Waals surface area (Å²) in [4.78, 5) is 17.8. The third-order valence-corrected chi connectivity index (χ3v) is 5.72. The van der Waals surface area contributed by atoms with E-state index in [-0.39, 0.29) is 5.92 Å². The van der Waals surface area contributed by atoms with E-state index in [4.69, 9.17) is 14.4 Å². The van der Waals surface area contributed by atoms with Crippen molar-refractivity contribution >= 4 is 16.7 Å². The summed E-state index contributed by atoms with van der Waals surface area (Å²) >= 11 is 0. The lowest BCUT2D eigenvalue weighted by molar-refractivity contribution is -0.147. The predicted octanol–water partition coefficient (Wildman–Crippen LogP) is 4.08. The Hall–Kier alpha value is -3.71. The van der Waals surface area contributed by atoms with Gasteiger partial charge in [-0.25, -0.2) is 0 Å². The Morgan fingerprint density at radius 1 is 1.10 bits per heavy atom. The van der Waals surface area contributed by atoms with Crippen molar-refractivity contribution < 1.29 is 19.2 Å². The van der Waals surface area contributed by atoms with Crippen LogP contribution in [0, 0.1) is 5.92 Å². The molecule has 5 rings (SSSR count). The van der Waals surface area contributed by atoms with Crippen molar-refractivity contribution in [3.05, 3.63) is 66.2 Å². The maximum absolute atomic E-state index is 11.1. The molecule has 0 radical (unpaired) electrons. The van der Waals surface area contributed by atoms with Gasteiger partial charge in [-0.1, -0.05) is 41.6 Å². The van der Waals surface area contributed by atoms with E-state index in [1.165, 1.54) is 0 Å². The molecule has 1 N–H and O–H groups in total. The molecule has 0 atom stereocenters. The van der Waals surface area contributed by atoms with E-state index in [1.807, 2.05) is 48.5 Å². The number of hydrogen-bond donors (Lipinski definition) is 1. The Morgan fingerprint density at radius 2 is 1.84 bits per heavy atom. The monoisotopic (exact) mass is 415 g/mol. The first-order valence-corrected chi connectivity index (χ1v) is 10.1. The summed E-state index contributed by atoms with van der Waals surface area (Å²) in [6.45, 7) is 1.89. The van der Waals surface area contributed by atoms with Crippen LogP contribution in [-0.4, -0.2) is 46.3 Å². The fraction of sp³-hybridized carbons (Fsp3) is 0.208. The summed E-state index contributed by atoms with van der Waals surface area (Å²) in [5.74, 6) is 0.763. The number of ether oxygens (including phenoxy) is 1. The quantitative estimate of drug-likeness (QED) is 0.507. The standard InChI is InChI=1S/C24H21N3O4/c1-30-18-9-6-15(7-10-18)23-25-22(26-31-23)21-11-8-16(19-4-2-3-5-20(19)21)12-27-13-17(14-27)24(28)29/h2-11,17H,12-14H2,1H3,(H,28,29). The van der Waals surface area contributed by atoms with Crippen molar-refractivity contribution in [3.8, 4) is 28.6 Å². The predicted molar refractivity (Wildman–Crippen MR) is 116 cm³/mol. The van der Waals surface area contributed by atoms with Crippen molar-refractivity contribution in [2.24, 2.45) is 5.92 Å². The Labute approximate surface area is 178 Å². The summed E-state index contributed by atoms with van der Waals surface area (Å²) in [6.07, 6.45) is 0. The molecule has 1 fully saturated rings. The number of rotatable bonds is 6. The minimum atomic E-state index is -0.721. The van der Waals surface area contributed by atoms with Crippen molar-refractivity contribution in [2.45, 2.75) is 6.54 Å². The van der Waals surface area contributed by atoms with Gasteiger partial charge in [0.1, 0.15) is 5.75 Å². The number of benzene rings is 3. The number of carbonyl (C=O) groups is 1. The first-order chi connectivity index (χ1) is 15.1. The minimum Gasteiger partial charge on any atom is -0.497 e. The first-order valence-electron chi connectivity index (χ1n) is 10.1. The zero-order valence-corrected chi connectivity index (χ0v) is 17.0. The zero-order valence-electron chi connectivity index (χ0n) is 17.0. The van der Waals surface area contributed by atoms with Crippen LogP contribution in [0.5, 0.6) is 5.75 Å². The van der Waals surface area contributed by atoms with Crippen molar-refractivity contribution in [1.82, 2.24) is 15.0 Å². The lowest BCUT2D eigenvalue weighted by atomic mass is 9.95. The van der Waals surface area contributed by atoms with Crippen LogP contribution >= 0.6 is 0 Å². The summed E-state index contributed by atoms with van der Waals surface area (Å²) < 4.78 is 10.7. The van der Waals surface area contributed by atoms with Gasteiger partial charge in [0.2, 0.25) is 5.82 Å². The molecule has 7 nitrogen and oxygen atoms in total. The number of carboxylic acids is 1. The normalized spacial score (nSPS) is 14.5. The fourth-order valence-electron chi connectivity index (χ4n) is 3.97. The number of fused-ring (bicyclic) bond motifs is 1. The number of nitrogens with zero attached hydrogens (tertiary/aromatic N) is 3. The molecule has 0 aliphatic carbocycles. The maximum Gasteiger partial charge on any atom is 0.309 e. The van der Waals surface area contributed by atoms with Gasteiger partial charge < -0.3 is 14.4 Å². The van der Waals surface area contributed by atoms with E-state index in [9.17, 15) is 4.79 Å². The molecule has 0 amide bonds. The molecular formula is C24H21N3O4. The lowest BCUT2D eigenvalue weighted by Crippen LogP contribution is -2.49. The number of aromatic nitrogens is 2. The molecule has 4 aromatic rings. The topological polar surface area (TPSA) is 88.7 Å². The largest absolute Gasteiger partial charge is 0.497 e. The van der Waals surface area contributed by atoms with E-state index in [0.29, 0.717) is 31.3 Å². The highest BCUT2D eigenvalue weighted by molar-refractivity contribution is 5.97. The Balaban J connectivity index is 1.45. The van der Waals surface area contributed by atoms with E-state index < -0.39 is 5.97 Å². The lowest BCUT2D eigenvalue weighted by Gasteiger charge is -2.36. The number of aliphatic carboxylic acids is 1. The molecule has 1 aromatic heterocycles. The van der Waals surface area contributed by atoms with E-state index >= 15 is 0 Å². The fourth-order valence-corrected chi connectivity index (χ4v) is 3.97. The Morgan fingerprint density at radius 3 is 2.55 bits per heavy atom. The molecule has 0 spiro atoms. The Bertz CT molecular complexity index is 1240. The van der Waals surface area contributed by atoms with E-state index in [2.05, 4.69) is 27.2 Å². The zero-order chi connectivity index (χ0) is 21.4. The van der Waals surface area contributed by atoms with Crippen molar-refractivity contribution in [3.63, 3.8) is 0 Å². The van der Waals surface area contributed by atoms with Crippen LogP contribution < -0.4 is 4.74 Å². The molecule has 1 aliphatic heterocycles. The van der Waals surface area contributed by atoms with Gasteiger partial charge in [-0.2, -0.15) is 4.98 Å². The Kier molecular flexibility index (Phi) is 4.88. The van der Waals surface area contributed by atoms with Gasteiger partial charge >= 0.3 is 5.97 Å². The molecule has 3 aromatic carbocycles. The molecule has 2 heterocycles. The summed E-state index contributed by atoms with van der Waals surface area (Å²) in [6, 6.07) is 19.7. The highest BCUT2D eigenvalue weighted by atomic mass is 16.5. The molecule has 7 heteroatoms. The first kappa shape index (κ1) is 19.3. The molecule has 31 heavy (non-hydrogen) atoms. The third-order valence-electron chi connectivity index (χ3n) is 5.72. The summed E-state index contributed by atoms with van der Waals surface area (Å²) in [7, 11) is 1.63. The van der Waals surface area contributed by atoms with Crippen LogP contribution in [-0.2, 0) is 11.3 Å². The maximum atomic E-state index is 11.1. The second-order valence-corrected chi connectivity index (χ2v) is 7.70. The van der Waals surface area contributed by atoms with Crippen LogP contribution in [0.4, 0.5) is 0 Å². The van der Waals surface area contributed by atoms with E-state index in [1.54, 1.807) is 7.11 Å². The van der Waals surface area contributed by atoms with Gasteiger partial charge in [-0.15, -0.1) is 0 Å². The highest BCUT2D eigenvalue weighted by Gasteiger charge is 2.32. The second-order valence-electron chi connectivity index (χ2n) is 7.70. The van der Waals surface area contributed by atoms with Crippen molar-refractivity contribution in [1.29, 1.82) is 0 Å². The molecule has 0 bridgehead atoms. The third kappa shape index (κ3) is 3.64. The van der Waals surface area contributed by atoms with Gasteiger partial charge in [0, 0.05) is 30.8 Å². The SMILES string of the molecule is COc1ccc(-c2nc(-c3ccc(CN4CC(C(=O)O)C4)c4ccccc34)no2)cc1. The molecule has 1 saturated heterocycles. The van der Waals surface area contributed by atoms with Crippen LogP contribution in [0.15, 0.2) is 65.2 Å². The number of methoxy groups -OCH3 is 1. The molecule has 156 valence electrons. The van der Waals surface area contributed by atoms with Crippen LogP contribution in [0.1, 0.15) is 5.56 Å². The average molecular weight is 415 g/mol. The molecular weight excluding hydrogens is 394 g/mol. The van der Waals surface area contributed by atoms with Gasteiger partial charge in [0.15, 0.2) is 0 Å². The highest BCUT2D eigenvalue weighted by Crippen LogP contribution is 2.32. The summed E-state index contributed by atoms with van der Waals surface area (Å²) in [5.41, 5.74) is 2.88.